The predicted molar refractivity (Wildman–Crippen MR) is 46.4 cm³/mol. The maximum absolute atomic E-state index is 10.4. The van der Waals surface area contributed by atoms with Crippen molar-refractivity contribution in [2.75, 3.05) is 6.61 Å². The summed E-state index contributed by atoms with van der Waals surface area (Å²) in [5, 5.41) is -0.296. The van der Waals surface area contributed by atoms with Crippen LogP contribution in [0.15, 0.2) is 0 Å². The summed E-state index contributed by atoms with van der Waals surface area (Å²) in [7, 11) is 0. The number of hydrogen-bond donors (Lipinski definition) is 1. The minimum Gasteiger partial charge on any atom is -0.465 e. The van der Waals surface area contributed by atoms with Gasteiger partial charge in [0.05, 0.1) is 11.9 Å². The number of carbonyl (C=O) groups excluding carboxylic acids is 1. The molecule has 3 heteroatoms. The van der Waals surface area contributed by atoms with Crippen LogP contribution < -0.4 is 0 Å². The van der Waals surface area contributed by atoms with Gasteiger partial charge in [-0.1, -0.05) is 13.8 Å². The van der Waals surface area contributed by atoms with Crippen molar-refractivity contribution >= 4 is 18.6 Å². The van der Waals surface area contributed by atoms with Crippen LogP contribution in [0, 0.1) is 0 Å². The Balaban J connectivity index is 0. The fraction of sp³-hybridized carbons (Fsp3) is 0.857. The van der Waals surface area contributed by atoms with E-state index in [1.807, 2.05) is 13.8 Å². The van der Waals surface area contributed by atoms with Gasteiger partial charge in [-0.3, -0.25) is 4.79 Å². The standard InChI is InChI=1S/C5H10O2S.C2H6/c1-3-7-5(6)4(2)8;1-2/h4,8H,3H2,1-2H3;1-2H3. The number of esters is 1. The molecule has 0 heterocycles. The van der Waals surface area contributed by atoms with Crippen molar-refractivity contribution < 1.29 is 9.53 Å². The van der Waals surface area contributed by atoms with Crippen LogP contribution in [-0.4, -0.2) is 17.8 Å². The number of ether oxygens (including phenoxy) is 1. The molecular formula is C7H16O2S. The van der Waals surface area contributed by atoms with E-state index in [4.69, 9.17) is 0 Å². The first kappa shape index (κ1) is 12.5. The second-order valence-corrected chi connectivity index (χ2v) is 2.20. The van der Waals surface area contributed by atoms with Crippen molar-refractivity contribution in [1.82, 2.24) is 0 Å². The quantitative estimate of drug-likeness (QED) is 0.498. The molecule has 0 saturated carbocycles. The maximum atomic E-state index is 10.4. The van der Waals surface area contributed by atoms with Gasteiger partial charge in [0, 0.05) is 0 Å². The van der Waals surface area contributed by atoms with Crippen LogP contribution in [0.4, 0.5) is 0 Å². The molecular weight excluding hydrogens is 148 g/mol. The van der Waals surface area contributed by atoms with E-state index in [0.29, 0.717) is 6.61 Å². The van der Waals surface area contributed by atoms with Gasteiger partial charge in [-0.2, -0.15) is 12.6 Å². The Morgan fingerprint density at radius 3 is 2.10 bits per heavy atom. The third-order valence-corrected chi connectivity index (χ3v) is 0.839. The van der Waals surface area contributed by atoms with Crippen LogP contribution in [0.5, 0.6) is 0 Å². The van der Waals surface area contributed by atoms with Crippen molar-refractivity contribution in [3.8, 4) is 0 Å². The third kappa shape index (κ3) is 7.82. The van der Waals surface area contributed by atoms with E-state index >= 15 is 0 Å². The molecule has 0 aromatic rings. The summed E-state index contributed by atoms with van der Waals surface area (Å²) in [5.74, 6) is -0.254. The molecule has 0 rings (SSSR count). The Hall–Kier alpha value is -0.180. The highest BCUT2D eigenvalue weighted by Crippen LogP contribution is 1.94. The molecule has 0 amide bonds. The molecule has 62 valence electrons. The van der Waals surface area contributed by atoms with Crippen LogP contribution >= 0.6 is 12.6 Å². The first-order chi connectivity index (χ1) is 4.68. The molecule has 1 atom stereocenters. The molecule has 0 aliphatic rings. The number of hydrogen-bond acceptors (Lipinski definition) is 3. The Labute approximate surface area is 68.4 Å². The van der Waals surface area contributed by atoms with Gasteiger partial charge in [-0.25, -0.2) is 0 Å². The molecule has 0 radical (unpaired) electrons. The van der Waals surface area contributed by atoms with Crippen LogP contribution in [0.2, 0.25) is 0 Å². The van der Waals surface area contributed by atoms with E-state index in [-0.39, 0.29) is 11.2 Å². The maximum Gasteiger partial charge on any atom is 0.318 e. The van der Waals surface area contributed by atoms with Crippen LogP contribution in [0.1, 0.15) is 27.7 Å². The van der Waals surface area contributed by atoms with E-state index in [2.05, 4.69) is 17.4 Å². The van der Waals surface area contributed by atoms with Crippen LogP contribution in [-0.2, 0) is 9.53 Å². The lowest BCUT2D eigenvalue weighted by atomic mass is 10.5. The van der Waals surface area contributed by atoms with Crippen molar-refractivity contribution in [2.45, 2.75) is 32.9 Å². The molecule has 0 N–H and O–H groups in total. The van der Waals surface area contributed by atoms with Gasteiger partial charge < -0.3 is 4.74 Å². The summed E-state index contributed by atoms with van der Waals surface area (Å²) in [5.41, 5.74) is 0. The van der Waals surface area contributed by atoms with Gasteiger partial charge in [0.25, 0.3) is 0 Å². The minimum absolute atomic E-state index is 0.254. The lowest BCUT2D eigenvalue weighted by Gasteiger charge is -2.01. The van der Waals surface area contributed by atoms with Crippen LogP contribution in [0.25, 0.3) is 0 Å². The number of thiol groups is 1. The molecule has 0 bridgehead atoms. The second-order valence-electron chi connectivity index (χ2n) is 1.43. The molecule has 1 unspecified atom stereocenters. The van der Waals surface area contributed by atoms with E-state index in [0.717, 1.165) is 0 Å². The van der Waals surface area contributed by atoms with E-state index in [9.17, 15) is 4.79 Å². The zero-order valence-corrected chi connectivity index (χ0v) is 7.94. The fourth-order valence-electron chi connectivity index (χ4n) is 0.263. The SMILES string of the molecule is CC.CCOC(=O)C(C)S. The van der Waals surface area contributed by atoms with Crippen molar-refractivity contribution in [1.29, 1.82) is 0 Å². The Kier molecular flexibility index (Phi) is 11.0. The zero-order chi connectivity index (χ0) is 8.57. The number of carbonyl (C=O) groups is 1. The summed E-state index contributed by atoms with van der Waals surface area (Å²) in [6.45, 7) is 7.89. The van der Waals surface area contributed by atoms with Gasteiger partial charge in [-0.15, -0.1) is 0 Å². The normalized spacial score (nSPS) is 10.9. The smallest absolute Gasteiger partial charge is 0.318 e. The highest BCUT2D eigenvalue weighted by Gasteiger charge is 2.06. The second kappa shape index (κ2) is 8.82. The van der Waals surface area contributed by atoms with E-state index in [1.165, 1.54) is 0 Å². The summed E-state index contributed by atoms with van der Waals surface area (Å²) >= 11 is 3.85. The van der Waals surface area contributed by atoms with Gasteiger partial charge in [-0.05, 0) is 13.8 Å². The minimum atomic E-state index is -0.296. The van der Waals surface area contributed by atoms with Crippen LogP contribution in [0.3, 0.4) is 0 Å². The van der Waals surface area contributed by atoms with Crippen molar-refractivity contribution in [3.05, 3.63) is 0 Å². The Morgan fingerprint density at radius 2 is 2.00 bits per heavy atom. The Bertz CT molecular complexity index is 81.7. The van der Waals surface area contributed by atoms with Gasteiger partial charge in [0.1, 0.15) is 0 Å². The van der Waals surface area contributed by atoms with Crippen molar-refractivity contribution in [2.24, 2.45) is 0 Å². The fourth-order valence-corrected chi connectivity index (χ4v) is 0.337. The average Bonchev–Trinajstić information content (AvgIpc) is 1.93. The molecule has 0 aromatic carbocycles. The van der Waals surface area contributed by atoms with E-state index in [1.54, 1.807) is 13.8 Å². The lowest BCUT2D eigenvalue weighted by molar-refractivity contribution is -0.142. The van der Waals surface area contributed by atoms with E-state index < -0.39 is 0 Å². The van der Waals surface area contributed by atoms with Gasteiger partial charge in [0.15, 0.2) is 0 Å². The van der Waals surface area contributed by atoms with Crippen molar-refractivity contribution in [3.63, 3.8) is 0 Å². The molecule has 0 fully saturated rings. The number of rotatable bonds is 2. The predicted octanol–water partition coefficient (Wildman–Crippen LogP) is 1.89. The third-order valence-electron chi connectivity index (χ3n) is 0.628. The molecule has 0 spiro atoms. The highest BCUT2D eigenvalue weighted by atomic mass is 32.1. The average molecular weight is 164 g/mol. The van der Waals surface area contributed by atoms with Gasteiger partial charge >= 0.3 is 5.97 Å². The molecule has 0 aliphatic heterocycles. The lowest BCUT2D eigenvalue weighted by Crippen LogP contribution is -2.13. The highest BCUT2D eigenvalue weighted by molar-refractivity contribution is 7.81. The first-order valence-corrected chi connectivity index (χ1v) is 4.04. The first-order valence-electron chi connectivity index (χ1n) is 3.53. The topological polar surface area (TPSA) is 26.3 Å². The summed E-state index contributed by atoms with van der Waals surface area (Å²) in [6, 6.07) is 0. The molecule has 0 aliphatic carbocycles. The summed E-state index contributed by atoms with van der Waals surface area (Å²) in [6.07, 6.45) is 0. The largest absolute Gasteiger partial charge is 0.465 e. The monoisotopic (exact) mass is 164 g/mol. The summed E-state index contributed by atoms with van der Waals surface area (Å²) < 4.78 is 4.59. The van der Waals surface area contributed by atoms with Gasteiger partial charge in [0.2, 0.25) is 0 Å². The zero-order valence-electron chi connectivity index (χ0n) is 7.05. The molecule has 0 saturated heterocycles. The molecule has 0 aromatic heterocycles. The molecule has 2 nitrogen and oxygen atoms in total. The summed E-state index contributed by atoms with van der Waals surface area (Å²) in [4.78, 5) is 10.4. The molecule has 10 heavy (non-hydrogen) atoms. The Morgan fingerprint density at radius 1 is 1.60 bits per heavy atom.